The number of hydrogen-bond acceptors (Lipinski definition) is 8. The number of likely N-dealkylation sites (tertiary alicyclic amines) is 1. The number of imide groups is 1. The van der Waals surface area contributed by atoms with Crippen LogP contribution >= 0.6 is 41.7 Å². The molecule has 0 spiro atoms. The van der Waals surface area contributed by atoms with E-state index >= 15 is 9.59 Å². The number of carbonyl (C=O) groups is 5. The van der Waals surface area contributed by atoms with Gasteiger partial charge in [-0.25, -0.2) is 9.59 Å². The fraction of sp³-hybridized carbons (Fsp3) is 0.304. The first-order chi connectivity index (χ1) is 28.7. The van der Waals surface area contributed by atoms with Crippen molar-refractivity contribution in [1.82, 2.24) is 10.2 Å². The van der Waals surface area contributed by atoms with Crippen LogP contribution in [0, 0.1) is 5.92 Å². The lowest BCUT2D eigenvalue weighted by molar-refractivity contribution is -0.156. The van der Waals surface area contributed by atoms with E-state index in [0.29, 0.717) is 5.56 Å². The second kappa shape index (κ2) is 19.7. The lowest BCUT2D eigenvalue weighted by Gasteiger charge is -2.53. The van der Waals surface area contributed by atoms with E-state index in [1.54, 1.807) is 24.3 Å². The van der Waals surface area contributed by atoms with Crippen molar-refractivity contribution in [3.8, 4) is 0 Å². The normalized spacial score (nSPS) is 16.1. The zero-order chi connectivity index (χ0) is 44.8. The Labute approximate surface area is 373 Å². The van der Waals surface area contributed by atoms with E-state index in [-0.39, 0.29) is 47.3 Å². The third-order valence-electron chi connectivity index (χ3n) is 11.0. The molecule has 0 aromatic heterocycles. The minimum absolute atomic E-state index is 0.119. The van der Waals surface area contributed by atoms with Gasteiger partial charge in [0.25, 0.3) is 9.70 Å². The number of ether oxygens (including phenoxy) is 2. The maximum absolute atomic E-state index is 15.2. The predicted octanol–water partition coefficient (Wildman–Crippen LogP) is 8.47. The predicted molar refractivity (Wildman–Crippen MR) is 247 cm³/mol. The van der Waals surface area contributed by atoms with Gasteiger partial charge in [0, 0.05) is 18.9 Å². The summed E-state index contributed by atoms with van der Waals surface area (Å²) in [4.78, 5) is 70.5. The van der Waals surface area contributed by atoms with Crippen LogP contribution in [0.4, 0.5) is 4.79 Å². The molecule has 5 rings (SSSR count). The van der Waals surface area contributed by atoms with Gasteiger partial charge in [-0.05, 0) is 52.6 Å². The second-order valence-electron chi connectivity index (χ2n) is 16.1. The molecule has 0 saturated carbocycles. The van der Waals surface area contributed by atoms with Crippen LogP contribution in [0.1, 0.15) is 50.0 Å². The van der Waals surface area contributed by atoms with Gasteiger partial charge in [-0.15, -0.1) is 0 Å². The fourth-order valence-electron chi connectivity index (χ4n) is 7.13. The lowest BCUT2D eigenvalue weighted by Crippen LogP contribution is -2.69. The van der Waals surface area contributed by atoms with Crippen LogP contribution in [0.15, 0.2) is 128 Å². The van der Waals surface area contributed by atoms with Crippen molar-refractivity contribution in [2.45, 2.75) is 74.8 Å². The van der Waals surface area contributed by atoms with E-state index in [9.17, 15) is 14.4 Å². The number of halogens is 3. The first-order valence-electron chi connectivity index (χ1n) is 19.6. The first kappa shape index (κ1) is 47.6. The highest BCUT2D eigenvalue weighted by molar-refractivity contribution is 7.96. The van der Waals surface area contributed by atoms with Crippen molar-refractivity contribution in [3.05, 3.63) is 139 Å². The Morgan fingerprint density at radius 1 is 0.836 bits per heavy atom. The summed E-state index contributed by atoms with van der Waals surface area (Å²) in [7, 11) is -2.45. The Morgan fingerprint density at radius 2 is 1.36 bits per heavy atom. The molecule has 0 unspecified atom stereocenters. The largest absolute Gasteiger partial charge is 0.457 e. The molecule has 1 heterocycles. The summed E-state index contributed by atoms with van der Waals surface area (Å²) in [5, 5.41) is 4.07. The molecule has 0 bridgehead atoms. The number of alkyl carbamates (subject to hydrolysis) is 1. The van der Waals surface area contributed by atoms with Gasteiger partial charge in [0.15, 0.2) is 14.1 Å². The monoisotopic (exact) mass is 922 g/mol. The molecule has 4 aromatic carbocycles. The van der Waals surface area contributed by atoms with Gasteiger partial charge < -0.3 is 18.8 Å². The number of amides is 3. The van der Waals surface area contributed by atoms with Crippen molar-refractivity contribution in [2.24, 2.45) is 5.92 Å². The highest BCUT2D eigenvalue weighted by Crippen LogP contribution is 2.51. The van der Waals surface area contributed by atoms with Crippen LogP contribution in [0.2, 0.25) is 18.1 Å². The number of carbonyl (C=O) groups excluding carboxylic acids is 5. The molecule has 4 aromatic rings. The molecule has 0 radical (unpaired) electrons. The topological polar surface area (TPSA) is 128 Å². The van der Waals surface area contributed by atoms with Gasteiger partial charge in [-0.2, -0.15) is 0 Å². The molecular formula is C46H50Cl3N2O8PSi. The van der Waals surface area contributed by atoms with Crippen molar-refractivity contribution in [3.63, 3.8) is 0 Å². The van der Waals surface area contributed by atoms with Crippen molar-refractivity contribution < 1.29 is 37.9 Å². The third kappa shape index (κ3) is 10.6. The quantitative estimate of drug-likeness (QED) is 0.0239. The van der Waals surface area contributed by atoms with Crippen LogP contribution in [-0.2, 0) is 34.9 Å². The van der Waals surface area contributed by atoms with Crippen LogP contribution in [0.5, 0.6) is 0 Å². The molecule has 0 aliphatic carbocycles. The number of benzene rings is 4. The van der Waals surface area contributed by atoms with Crippen molar-refractivity contribution in [1.29, 1.82) is 0 Å². The Kier molecular flexibility index (Phi) is 15.4. The standard InChI is InChI=1S/C46H50Cl3N2O8PSi/c1-8-27-57-42(54)41(60(34-21-12-9-13-22-34,35-23-14-10-15-24-35)36-25-16-11-17-26-36)51-37(39(40(51)53)31(2)59-61(6,7)45(3,4)5)29-38(52)33-20-18-19-32(28-33)30-58-44(56)50-43(55)46(47,48)49/h8-26,28,31,37,39H,1,27,29-30H2,2-7H3,(H,50,55,56)/t31-,37+,39+/m0/s1. The fourth-order valence-corrected chi connectivity index (χ4v) is 13.1. The number of nitrogens with zero attached hydrogens (tertiary/aromatic N) is 1. The molecule has 322 valence electrons. The maximum atomic E-state index is 15.2. The zero-order valence-corrected chi connectivity index (χ0v) is 39.1. The Morgan fingerprint density at radius 3 is 1.84 bits per heavy atom. The van der Waals surface area contributed by atoms with Gasteiger partial charge >= 0.3 is 12.1 Å². The maximum Gasteiger partial charge on any atom is 0.414 e. The molecule has 61 heavy (non-hydrogen) atoms. The minimum atomic E-state index is -3.28. The third-order valence-corrected chi connectivity index (χ3v) is 20.4. The van der Waals surface area contributed by atoms with Crippen LogP contribution in [0.25, 0.3) is 0 Å². The Balaban J connectivity index is 1.70. The summed E-state index contributed by atoms with van der Waals surface area (Å²) in [6, 6.07) is 34.4. The molecule has 10 nitrogen and oxygen atoms in total. The lowest BCUT2D eigenvalue weighted by atomic mass is 9.79. The number of β-lactam (4-membered cyclic amide) rings is 1. The number of Topliss-reactive ketones (excluding diaryl/α,β-unsaturated/α-hetero) is 1. The second-order valence-corrected chi connectivity index (χ2v) is 26.5. The number of alkyl halides is 3. The summed E-state index contributed by atoms with van der Waals surface area (Å²) < 4.78 is 15.6. The smallest absolute Gasteiger partial charge is 0.414 e. The van der Waals surface area contributed by atoms with Gasteiger partial charge in [0.1, 0.15) is 18.6 Å². The van der Waals surface area contributed by atoms with Crippen LogP contribution in [-0.4, -0.2) is 70.8 Å². The van der Waals surface area contributed by atoms with E-state index in [4.69, 9.17) is 48.7 Å². The van der Waals surface area contributed by atoms with Crippen LogP contribution in [0.3, 0.4) is 0 Å². The number of esters is 1. The first-order valence-corrected chi connectivity index (χ1v) is 25.5. The number of nitrogens with one attached hydrogen (secondary N) is 1. The van der Waals surface area contributed by atoms with E-state index in [1.165, 1.54) is 11.0 Å². The van der Waals surface area contributed by atoms with E-state index in [2.05, 4.69) is 40.4 Å². The molecule has 1 saturated heterocycles. The van der Waals surface area contributed by atoms with Gasteiger partial charge in [-0.1, -0.05) is 177 Å². The van der Waals surface area contributed by atoms with E-state index in [0.717, 1.165) is 15.9 Å². The molecular weight excluding hydrogens is 874 g/mol. The van der Waals surface area contributed by atoms with E-state index in [1.807, 2.05) is 103 Å². The highest BCUT2D eigenvalue weighted by Gasteiger charge is 2.57. The van der Waals surface area contributed by atoms with Crippen LogP contribution < -0.4 is 21.2 Å². The Hall–Kier alpha value is -4.48. The minimum Gasteiger partial charge on any atom is -0.457 e. The number of ketones is 1. The molecule has 3 atom stereocenters. The molecule has 1 aliphatic rings. The number of rotatable bonds is 15. The molecule has 1 N–H and O–H groups in total. The summed E-state index contributed by atoms with van der Waals surface area (Å²) in [6.45, 7) is 12.5. The van der Waals surface area contributed by atoms with Gasteiger partial charge in [0.05, 0.1) is 18.1 Å². The van der Waals surface area contributed by atoms with Gasteiger partial charge in [-0.3, -0.25) is 19.7 Å². The van der Waals surface area contributed by atoms with E-state index < -0.39 is 55.0 Å². The average Bonchev–Trinajstić information content (AvgIpc) is 3.22. The zero-order valence-electron chi connectivity index (χ0n) is 34.9. The molecule has 1 fully saturated rings. The summed E-state index contributed by atoms with van der Waals surface area (Å²) >= 11 is 16.7. The summed E-state index contributed by atoms with van der Waals surface area (Å²) in [5.74, 6) is -3.41. The molecule has 15 heteroatoms. The van der Waals surface area contributed by atoms with Crippen molar-refractivity contribution >= 4 is 101 Å². The SMILES string of the molecule is C=CCOC(=O)C(N1C(=O)[C@H]([C@H](C)O[Si](C)(C)C(C)(C)C)[C@H]1CC(=O)c1cccc(COC(=O)NC(=O)C(Cl)(Cl)Cl)c1)=P(c1ccccc1)(c1ccccc1)c1ccccc1. The molecule has 1 aliphatic heterocycles. The Bertz CT molecular complexity index is 2210. The number of hydrogen-bond donors (Lipinski definition) is 1. The molecule has 3 amide bonds. The average molecular weight is 924 g/mol. The highest BCUT2D eigenvalue weighted by atomic mass is 35.6. The summed E-state index contributed by atoms with van der Waals surface area (Å²) in [6.07, 6.45) is -0.497. The van der Waals surface area contributed by atoms with Gasteiger partial charge in [0.2, 0.25) is 5.91 Å². The van der Waals surface area contributed by atoms with Crippen molar-refractivity contribution in [2.75, 3.05) is 6.61 Å². The summed E-state index contributed by atoms with van der Waals surface area (Å²) in [5.41, 5.74) is 0.826.